The van der Waals surface area contributed by atoms with E-state index in [9.17, 15) is 13.5 Å². The third-order valence-corrected chi connectivity index (χ3v) is 7.05. The van der Waals surface area contributed by atoms with E-state index >= 15 is 0 Å². The molecule has 5 rings (SSSR count). The van der Waals surface area contributed by atoms with E-state index in [1.54, 1.807) is 60.9 Å². The number of hydrogen-bond acceptors (Lipinski definition) is 5. The summed E-state index contributed by atoms with van der Waals surface area (Å²) >= 11 is 0. The van der Waals surface area contributed by atoms with Gasteiger partial charge < -0.3 is 14.8 Å². The van der Waals surface area contributed by atoms with Crippen molar-refractivity contribution < 1.29 is 18.3 Å². The van der Waals surface area contributed by atoms with Crippen LogP contribution >= 0.6 is 0 Å². The van der Waals surface area contributed by atoms with Gasteiger partial charge in [-0.1, -0.05) is 17.7 Å². The molecule has 8 heteroatoms. The molecule has 3 heterocycles. The zero-order valence-electron chi connectivity index (χ0n) is 16.8. The van der Waals surface area contributed by atoms with Gasteiger partial charge in [-0.2, -0.15) is 0 Å². The number of nitrogens with one attached hydrogen (secondary N) is 1. The quantitative estimate of drug-likeness (QED) is 0.437. The zero-order chi connectivity index (χ0) is 21.8. The van der Waals surface area contributed by atoms with Crippen LogP contribution in [0.15, 0.2) is 71.9 Å². The SMILES string of the molecule is COc1cc2c(-c3cc4cccnc4n3S(=O)(=O)c3ccc(C)cc3)c[nH]c2cc1O. The highest BCUT2D eigenvalue weighted by Crippen LogP contribution is 2.39. The van der Waals surface area contributed by atoms with Crippen molar-refractivity contribution in [3.63, 3.8) is 0 Å². The van der Waals surface area contributed by atoms with Crippen molar-refractivity contribution in [2.45, 2.75) is 11.8 Å². The number of aromatic nitrogens is 3. The number of methoxy groups -OCH3 is 1. The number of aromatic amines is 1. The fraction of sp³-hybridized carbons (Fsp3) is 0.0870. The van der Waals surface area contributed by atoms with Crippen molar-refractivity contribution in [3.05, 3.63) is 72.6 Å². The third kappa shape index (κ3) is 2.95. The fourth-order valence-electron chi connectivity index (χ4n) is 3.77. The Kier molecular flexibility index (Phi) is 4.26. The van der Waals surface area contributed by atoms with E-state index < -0.39 is 10.0 Å². The van der Waals surface area contributed by atoms with Gasteiger partial charge in [0.15, 0.2) is 17.1 Å². The van der Waals surface area contributed by atoms with E-state index in [0.717, 1.165) is 10.9 Å². The summed E-state index contributed by atoms with van der Waals surface area (Å²) in [5, 5.41) is 11.5. The van der Waals surface area contributed by atoms with Gasteiger partial charge in [0.05, 0.1) is 23.2 Å². The summed E-state index contributed by atoms with van der Waals surface area (Å²) in [6.07, 6.45) is 3.29. The van der Waals surface area contributed by atoms with Crippen LogP contribution < -0.4 is 4.74 Å². The maximum absolute atomic E-state index is 13.7. The van der Waals surface area contributed by atoms with E-state index in [1.807, 2.05) is 13.0 Å². The highest BCUT2D eigenvalue weighted by atomic mass is 32.2. The number of aromatic hydroxyl groups is 1. The second-order valence-corrected chi connectivity index (χ2v) is 9.09. The molecule has 0 aliphatic carbocycles. The summed E-state index contributed by atoms with van der Waals surface area (Å²) in [4.78, 5) is 7.64. The van der Waals surface area contributed by atoms with Gasteiger partial charge in [0.1, 0.15) is 0 Å². The fourth-order valence-corrected chi connectivity index (χ4v) is 5.25. The first-order chi connectivity index (χ1) is 14.9. The van der Waals surface area contributed by atoms with E-state index in [0.29, 0.717) is 33.6 Å². The molecule has 2 aromatic carbocycles. The number of rotatable bonds is 4. The maximum atomic E-state index is 13.7. The van der Waals surface area contributed by atoms with Crippen LogP contribution in [0.1, 0.15) is 5.56 Å². The van der Waals surface area contributed by atoms with Gasteiger partial charge in [0.25, 0.3) is 10.0 Å². The molecule has 0 spiro atoms. The van der Waals surface area contributed by atoms with E-state index in [4.69, 9.17) is 4.74 Å². The van der Waals surface area contributed by atoms with E-state index in [-0.39, 0.29) is 10.6 Å². The van der Waals surface area contributed by atoms with Crippen molar-refractivity contribution in [2.24, 2.45) is 0 Å². The smallest absolute Gasteiger partial charge is 0.269 e. The van der Waals surface area contributed by atoms with Crippen molar-refractivity contribution >= 4 is 32.0 Å². The second kappa shape index (κ2) is 6.88. The molecule has 0 radical (unpaired) electrons. The number of hydrogen-bond donors (Lipinski definition) is 2. The van der Waals surface area contributed by atoms with Crippen LogP contribution in [-0.4, -0.2) is 34.6 Å². The van der Waals surface area contributed by atoms with Crippen LogP contribution in [0.3, 0.4) is 0 Å². The molecule has 0 fully saturated rings. The Bertz CT molecular complexity index is 1550. The number of phenols is 1. The molecule has 0 saturated carbocycles. The Morgan fingerprint density at radius 3 is 2.61 bits per heavy atom. The van der Waals surface area contributed by atoms with Gasteiger partial charge in [-0.3, -0.25) is 0 Å². The predicted molar refractivity (Wildman–Crippen MR) is 119 cm³/mol. The number of phenolic OH excluding ortho intramolecular Hbond substituents is 1. The normalized spacial score (nSPS) is 11.9. The van der Waals surface area contributed by atoms with Crippen LogP contribution in [0, 0.1) is 6.92 Å². The Hall–Kier alpha value is -3.78. The topological polar surface area (TPSA) is 97.2 Å². The minimum absolute atomic E-state index is 0.00196. The summed E-state index contributed by atoms with van der Waals surface area (Å²) in [6, 6.07) is 15.4. The molecule has 0 unspecified atom stereocenters. The molecule has 0 atom stereocenters. The summed E-state index contributed by atoms with van der Waals surface area (Å²) in [7, 11) is -2.46. The predicted octanol–water partition coefficient (Wildman–Crippen LogP) is 4.44. The molecule has 7 nitrogen and oxygen atoms in total. The lowest BCUT2D eigenvalue weighted by Crippen LogP contribution is -2.14. The summed E-state index contributed by atoms with van der Waals surface area (Å²) in [5.74, 6) is 0.299. The van der Waals surface area contributed by atoms with Gasteiger partial charge in [0.2, 0.25) is 0 Å². The Morgan fingerprint density at radius 1 is 1.10 bits per heavy atom. The first-order valence-electron chi connectivity index (χ1n) is 9.57. The van der Waals surface area contributed by atoms with Crippen molar-refractivity contribution in [1.29, 1.82) is 0 Å². The van der Waals surface area contributed by atoms with E-state index in [2.05, 4.69) is 9.97 Å². The molecule has 0 aliphatic rings. The summed E-state index contributed by atoms with van der Waals surface area (Å²) in [6.45, 7) is 1.91. The van der Waals surface area contributed by atoms with Gasteiger partial charge in [-0.15, -0.1) is 0 Å². The highest BCUT2D eigenvalue weighted by Gasteiger charge is 2.26. The van der Waals surface area contributed by atoms with Crippen molar-refractivity contribution in [2.75, 3.05) is 7.11 Å². The number of H-pyrrole nitrogens is 1. The van der Waals surface area contributed by atoms with Crippen LogP contribution in [0.4, 0.5) is 0 Å². The Morgan fingerprint density at radius 2 is 1.87 bits per heavy atom. The third-order valence-electron chi connectivity index (χ3n) is 5.34. The van der Waals surface area contributed by atoms with Gasteiger partial charge in [0, 0.05) is 34.8 Å². The van der Waals surface area contributed by atoms with Crippen LogP contribution in [0.25, 0.3) is 33.2 Å². The van der Waals surface area contributed by atoms with Crippen LogP contribution in [0.2, 0.25) is 0 Å². The van der Waals surface area contributed by atoms with Gasteiger partial charge >= 0.3 is 0 Å². The monoisotopic (exact) mass is 433 g/mol. The highest BCUT2D eigenvalue weighted by molar-refractivity contribution is 7.90. The number of pyridine rings is 1. The number of benzene rings is 2. The first kappa shape index (κ1) is 19.2. The van der Waals surface area contributed by atoms with Crippen LogP contribution in [-0.2, 0) is 10.0 Å². The molecular weight excluding hydrogens is 414 g/mol. The second-order valence-electron chi connectivity index (χ2n) is 7.30. The molecule has 3 aromatic heterocycles. The molecule has 5 aromatic rings. The maximum Gasteiger partial charge on any atom is 0.269 e. The van der Waals surface area contributed by atoms with E-state index in [1.165, 1.54) is 11.1 Å². The number of nitrogens with zero attached hydrogens (tertiary/aromatic N) is 2. The number of ether oxygens (including phenoxy) is 1. The molecule has 0 saturated heterocycles. The molecule has 31 heavy (non-hydrogen) atoms. The molecule has 0 bridgehead atoms. The standard InChI is InChI=1S/C23H19N3O4S/c1-14-5-7-16(8-6-14)31(28,29)26-20(10-15-4-3-9-24-23(15)26)18-13-25-19-12-21(27)22(30-2)11-17(18)19/h3-13,25,27H,1-2H3. The lowest BCUT2D eigenvalue weighted by atomic mass is 10.1. The molecule has 0 amide bonds. The average Bonchev–Trinajstić information content (AvgIpc) is 3.34. The molecule has 0 aliphatic heterocycles. The molecule has 156 valence electrons. The first-order valence-corrected chi connectivity index (χ1v) is 11.0. The lowest BCUT2D eigenvalue weighted by molar-refractivity contribution is 0.374. The Labute approximate surface area is 178 Å². The van der Waals surface area contributed by atoms with Crippen LogP contribution in [0.5, 0.6) is 11.5 Å². The summed E-state index contributed by atoms with van der Waals surface area (Å²) < 4.78 is 33.9. The largest absolute Gasteiger partial charge is 0.504 e. The lowest BCUT2D eigenvalue weighted by Gasteiger charge is -2.12. The Balaban J connectivity index is 1.84. The van der Waals surface area contributed by atoms with Gasteiger partial charge in [-0.05, 0) is 43.3 Å². The average molecular weight is 433 g/mol. The van der Waals surface area contributed by atoms with Crippen molar-refractivity contribution in [3.8, 4) is 22.8 Å². The summed E-state index contributed by atoms with van der Waals surface area (Å²) in [5.41, 5.74) is 3.09. The van der Waals surface area contributed by atoms with Gasteiger partial charge in [-0.25, -0.2) is 17.4 Å². The molecular formula is C23H19N3O4S. The minimum atomic E-state index is -3.93. The minimum Gasteiger partial charge on any atom is -0.504 e. The van der Waals surface area contributed by atoms with Crippen molar-refractivity contribution in [1.82, 2.24) is 13.9 Å². The number of aryl methyl sites for hydroxylation is 1. The molecule has 2 N–H and O–H groups in total. The number of fused-ring (bicyclic) bond motifs is 2. The zero-order valence-corrected chi connectivity index (χ0v) is 17.6.